The SMILES string of the molecule is Cc1cccc(OCCOc2coc(CCl)cc2=O)c1. The van der Waals surface area contributed by atoms with Crippen LogP contribution in [0.2, 0.25) is 0 Å². The van der Waals surface area contributed by atoms with Crippen molar-refractivity contribution in [3.05, 3.63) is 58.1 Å². The molecule has 1 heterocycles. The first kappa shape index (κ1) is 14.5. The Hall–Kier alpha value is -1.94. The van der Waals surface area contributed by atoms with Gasteiger partial charge in [0.2, 0.25) is 11.2 Å². The minimum Gasteiger partial charge on any atom is -0.490 e. The van der Waals surface area contributed by atoms with Crippen LogP contribution in [-0.2, 0) is 5.88 Å². The number of alkyl halides is 1. The third kappa shape index (κ3) is 4.03. The van der Waals surface area contributed by atoms with Crippen LogP contribution in [0.1, 0.15) is 11.3 Å². The Morgan fingerprint density at radius 1 is 1.20 bits per heavy atom. The van der Waals surface area contributed by atoms with E-state index in [1.165, 1.54) is 12.3 Å². The molecule has 1 aromatic carbocycles. The van der Waals surface area contributed by atoms with Crippen molar-refractivity contribution in [2.45, 2.75) is 12.8 Å². The van der Waals surface area contributed by atoms with Crippen LogP contribution >= 0.6 is 11.6 Å². The predicted molar refractivity (Wildman–Crippen MR) is 76.7 cm³/mol. The fourth-order valence-corrected chi connectivity index (χ4v) is 1.77. The van der Waals surface area contributed by atoms with Crippen LogP contribution < -0.4 is 14.9 Å². The second kappa shape index (κ2) is 7.01. The van der Waals surface area contributed by atoms with Crippen molar-refractivity contribution in [3.8, 4) is 11.5 Å². The smallest absolute Gasteiger partial charge is 0.227 e. The molecule has 0 saturated heterocycles. The van der Waals surface area contributed by atoms with Gasteiger partial charge >= 0.3 is 0 Å². The van der Waals surface area contributed by atoms with E-state index in [1.807, 2.05) is 31.2 Å². The Balaban J connectivity index is 1.83. The monoisotopic (exact) mass is 294 g/mol. The van der Waals surface area contributed by atoms with Gasteiger partial charge in [-0.3, -0.25) is 4.79 Å². The third-order valence-electron chi connectivity index (χ3n) is 2.58. The van der Waals surface area contributed by atoms with E-state index in [2.05, 4.69) is 0 Å². The Labute approximate surface area is 121 Å². The van der Waals surface area contributed by atoms with Gasteiger partial charge in [0, 0.05) is 6.07 Å². The van der Waals surface area contributed by atoms with Gasteiger partial charge in [-0.25, -0.2) is 0 Å². The van der Waals surface area contributed by atoms with Crippen LogP contribution in [0.15, 0.2) is 45.8 Å². The first-order valence-electron chi connectivity index (χ1n) is 6.19. The largest absolute Gasteiger partial charge is 0.490 e. The third-order valence-corrected chi connectivity index (χ3v) is 2.85. The summed E-state index contributed by atoms with van der Waals surface area (Å²) in [6, 6.07) is 9.04. The second-order valence-corrected chi connectivity index (χ2v) is 4.49. The quantitative estimate of drug-likeness (QED) is 0.606. The van der Waals surface area contributed by atoms with Crippen molar-refractivity contribution >= 4 is 11.6 Å². The van der Waals surface area contributed by atoms with Crippen molar-refractivity contribution in [2.75, 3.05) is 13.2 Å². The summed E-state index contributed by atoms with van der Waals surface area (Å²) in [6.07, 6.45) is 1.27. The van der Waals surface area contributed by atoms with Crippen molar-refractivity contribution in [3.63, 3.8) is 0 Å². The number of ether oxygens (including phenoxy) is 2. The van der Waals surface area contributed by atoms with Crippen LogP contribution in [0.5, 0.6) is 11.5 Å². The molecule has 2 rings (SSSR count). The zero-order valence-electron chi connectivity index (χ0n) is 11.1. The maximum atomic E-state index is 11.6. The lowest BCUT2D eigenvalue weighted by atomic mass is 10.2. The highest BCUT2D eigenvalue weighted by Crippen LogP contribution is 2.12. The lowest BCUT2D eigenvalue weighted by molar-refractivity contribution is 0.212. The van der Waals surface area contributed by atoms with Crippen LogP contribution in [-0.4, -0.2) is 13.2 Å². The molecule has 4 nitrogen and oxygen atoms in total. The molecule has 0 radical (unpaired) electrons. The van der Waals surface area contributed by atoms with Crippen LogP contribution in [0, 0.1) is 6.92 Å². The van der Waals surface area contributed by atoms with E-state index >= 15 is 0 Å². The Kier molecular flexibility index (Phi) is 5.07. The number of halogens is 1. The molecular formula is C15H15ClO4. The molecule has 5 heteroatoms. The molecule has 0 N–H and O–H groups in total. The van der Waals surface area contributed by atoms with E-state index in [-0.39, 0.29) is 23.7 Å². The lowest BCUT2D eigenvalue weighted by Gasteiger charge is -2.08. The van der Waals surface area contributed by atoms with Crippen molar-refractivity contribution < 1.29 is 13.9 Å². The standard InChI is InChI=1S/C15H15ClO4/c1-11-3-2-4-12(7-11)18-5-6-19-15-10-20-13(9-16)8-14(15)17/h2-4,7-8,10H,5-6,9H2,1H3. The van der Waals surface area contributed by atoms with Crippen molar-refractivity contribution in [1.29, 1.82) is 0 Å². The topological polar surface area (TPSA) is 48.7 Å². The fraction of sp³-hybridized carbons (Fsp3) is 0.267. The minimum atomic E-state index is -0.248. The van der Waals surface area contributed by atoms with Crippen molar-refractivity contribution in [2.24, 2.45) is 0 Å². The van der Waals surface area contributed by atoms with E-state index < -0.39 is 0 Å². The Morgan fingerprint density at radius 2 is 2.00 bits per heavy atom. The molecule has 0 bridgehead atoms. The molecule has 0 amide bonds. The van der Waals surface area contributed by atoms with Gasteiger partial charge in [-0.15, -0.1) is 11.6 Å². The van der Waals surface area contributed by atoms with Crippen molar-refractivity contribution in [1.82, 2.24) is 0 Å². The number of aryl methyl sites for hydroxylation is 1. The van der Waals surface area contributed by atoms with Gasteiger partial charge in [-0.2, -0.15) is 0 Å². The molecular weight excluding hydrogens is 280 g/mol. The second-order valence-electron chi connectivity index (χ2n) is 4.22. The molecule has 0 aliphatic carbocycles. The van der Waals surface area contributed by atoms with Gasteiger partial charge in [0.15, 0.2) is 0 Å². The average molecular weight is 295 g/mol. The van der Waals surface area contributed by atoms with E-state index in [1.54, 1.807) is 0 Å². The number of hydrogen-bond acceptors (Lipinski definition) is 4. The maximum Gasteiger partial charge on any atom is 0.227 e. The minimum absolute atomic E-state index is 0.159. The summed E-state index contributed by atoms with van der Waals surface area (Å²) in [7, 11) is 0. The van der Waals surface area contributed by atoms with Gasteiger partial charge in [-0.1, -0.05) is 12.1 Å². The predicted octanol–water partition coefficient (Wildman–Crippen LogP) is 3.14. The van der Waals surface area contributed by atoms with Gasteiger partial charge in [0.25, 0.3) is 0 Å². The summed E-state index contributed by atoms with van der Waals surface area (Å²) in [5, 5.41) is 0. The zero-order valence-corrected chi connectivity index (χ0v) is 11.9. The number of rotatable bonds is 6. The molecule has 106 valence electrons. The summed E-state index contributed by atoms with van der Waals surface area (Å²) in [6.45, 7) is 2.60. The lowest BCUT2D eigenvalue weighted by Crippen LogP contribution is -2.13. The number of benzene rings is 1. The maximum absolute atomic E-state index is 11.6. The highest BCUT2D eigenvalue weighted by atomic mass is 35.5. The van der Waals surface area contributed by atoms with Gasteiger partial charge in [-0.05, 0) is 24.6 Å². The first-order chi connectivity index (χ1) is 9.69. The summed E-state index contributed by atoms with van der Waals surface area (Å²) < 4.78 is 16.0. The molecule has 0 spiro atoms. The van der Waals surface area contributed by atoms with Crippen LogP contribution in [0.25, 0.3) is 0 Å². The molecule has 0 unspecified atom stereocenters. The van der Waals surface area contributed by atoms with Crippen LogP contribution in [0.4, 0.5) is 0 Å². The van der Waals surface area contributed by atoms with Crippen LogP contribution in [0.3, 0.4) is 0 Å². The summed E-state index contributed by atoms with van der Waals surface area (Å²) in [5.74, 6) is 1.51. The first-order valence-corrected chi connectivity index (χ1v) is 6.72. The molecule has 0 aliphatic heterocycles. The Bertz CT molecular complexity index is 621. The fourth-order valence-electron chi connectivity index (χ4n) is 1.63. The normalized spacial score (nSPS) is 10.3. The van der Waals surface area contributed by atoms with E-state index in [0.29, 0.717) is 12.4 Å². The summed E-state index contributed by atoms with van der Waals surface area (Å²) >= 11 is 5.57. The Morgan fingerprint density at radius 3 is 2.70 bits per heavy atom. The van der Waals surface area contributed by atoms with E-state index in [9.17, 15) is 4.79 Å². The van der Waals surface area contributed by atoms with Gasteiger partial charge in [0.1, 0.15) is 31.0 Å². The molecule has 0 fully saturated rings. The summed E-state index contributed by atoms with van der Waals surface area (Å²) in [4.78, 5) is 11.6. The average Bonchev–Trinajstić information content (AvgIpc) is 2.45. The van der Waals surface area contributed by atoms with Gasteiger partial charge < -0.3 is 13.9 Å². The van der Waals surface area contributed by atoms with E-state index in [4.69, 9.17) is 25.5 Å². The van der Waals surface area contributed by atoms with E-state index in [0.717, 1.165) is 11.3 Å². The molecule has 0 aliphatic rings. The number of hydrogen-bond donors (Lipinski definition) is 0. The zero-order chi connectivity index (χ0) is 14.4. The van der Waals surface area contributed by atoms with Gasteiger partial charge in [0.05, 0.1) is 5.88 Å². The molecule has 0 atom stereocenters. The molecule has 20 heavy (non-hydrogen) atoms. The highest BCUT2D eigenvalue weighted by Gasteiger charge is 2.04. The molecule has 0 saturated carbocycles. The summed E-state index contributed by atoms with van der Waals surface area (Å²) in [5.41, 5.74) is 0.878. The highest BCUT2D eigenvalue weighted by molar-refractivity contribution is 6.16. The molecule has 1 aromatic heterocycles. The molecule has 2 aromatic rings.